The number of ether oxygens (including phenoxy) is 1. The molecule has 2 fully saturated rings. The predicted molar refractivity (Wildman–Crippen MR) is 160 cm³/mol. The van der Waals surface area contributed by atoms with Crippen molar-refractivity contribution >= 4 is 50.1 Å². The second kappa shape index (κ2) is 11.2. The average molecular weight is 564 g/mol. The van der Waals surface area contributed by atoms with E-state index in [-0.39, 0.29) is 18.2 Å². The first-order valence-corrected chi connectivity index (χ1v) is 14.7. The van der Waals surface area contributed by atoms with Crippen LogP contribution in [-0.4, -0.2) is 62.5 Å². The number of benzene rings is 2. The van der Waals surface area contributed by atoms with Crippen LogP contribution in [0.4, 0.5) is 16.3 Å². The summed E-state index contributed by atoms with van der Waals surface area (Å²) in [6, 6.07) is 18.6. The normalized spacial score (nSPS) is 18.5. The summed E-state index contributed by atoms with van der Waals surface area (Å²) in [7, 11) is 0. The molecule has 5 aromatic rings. The zero-order chi connectivity index (χ0) is 27.6. The number of fused-ring (bicyclic) bond motifs is 2. The smallest absolute Gasteiger partial charge is 0.410 e. The van der Waals surface area contributed by atoms with Gasteiger partial charge >= 0.3 is 6.09 Å². The molecule has 0 aliphatic carbocycles. The average Bonchev–Trinajstić information content (AvgIpc) is 3.80. The van der Waals surface area contributed by atoms with Crippen LogP contribution in [0, 0.1) is 11.8 Å². The van der Waals surface area contributed by atoms with Crippen LogP contribution in [0.5, 0.6) is 0 Å². The van der Waals surface area contributed by atoms with Gasteiger partial charge in [-0.15, -0.1) is 11.3 Å². The molecule has 0 bridgehead atoms. The molecular formula is C31H29N7O2S. The van der Waals surface area contributed by atoms with Crippen LogP contribution in [0.2, 0.25) is 0 Å². The highest BCUT2D eigenvalue weighted by Crippen LogP contribution is 2.30. The lowest BCUT2D eigenvalue weighted by molar-refractivity contribution is 0.0763. The Bertz CT molecular complexity index is 1770. The summed E-state index contributed by atoms with van der Waals surface area (Å²) in [5, 5.41) is 13.4. The third kappa shape index (κ3) is 5.59. The van der Waals surface area contributed by atoms with Crippen LogP contribution < -0.4 is 10.6 Å². The van der Waals surface area contributed by atoms with Crippen LogP contribution in [0.3, 0.4) is 0 Å². The van der Waals surface area contributed by atoms with Crippen molar-refractivity contribution in [3.05, 3.63) is 77.6 Å². The number of rotatable bonds is 5. The Balaban J connectivity index is 1.03. The quantitative estimate of drug-likeness (QED) is 0.286. The maximum Gasteiger partial charge on any atom is 0.410 e. The van der Waals surface area contributed by atoms with E-state index in [0.717, 1.165) is 70.0 Å². The van der Waals surface area contributed by atoms with Crippen LogP contribution in [-0.2, 0) is 11.3 Å². The molecular weight excluding hydrogens is 534 g/mol. The number of hydrogen-bond donors (Lipinski definition) is 2. The van der Waals surface area contributed by atoms with Crippen molar-refractivity contribution in [2.75, 3.05) is 25.0 Å². The molecule has 0 saturated carbocycles. The van der Waals surface area contributed by atoms with Crippen molar-refractivity contribution in [2.45, 2.75) is 38.0 Å². The molecule has 2 saturated heterocycles. The summed E-state index contributed by atoms with van der Waals surface area (Å²) in [5.74, 6) is 7.34. The fraction of sp³-hybridized carbons (Fsp3) is 0.290. The third-order valence-corrected chi connectivity index (χ3v) is 8.46. The Kier molecular flexibility index (Phi) is 6.96. The highest BCUT2D eigenvalue weighted by molar-refractivity contribution is 7.19. The van der Waals surface area contributed by atoms with Crippen LogP contribution >= 0.6 is 11.3 Å². The molecule has 9 nitrogen and oxygen atoms in total. The fourth-order valence-electron chi connectivity index (χ4n) is 5.38. The number of carbonyl (C=O) groups excluding carboxylic acids is 1. The van der Waals surface area contributed by atoms with Gasteiger partial charge in [-0.05, 0) is 42.7 Å². The van der Waals surface area contributed by atoms with Gasteiger partial charge in [0, 0.05) is 37.1 Å². The second-order valence-electron chi connectivity index (χ2n) is 10.4. The summed E-state index contributed by atoms with van der Waals surface area (Å²) in [5.41, 5.74) is 3.22. The summed E-state index contributed by atoms with van der Waals surface area (Å²) < 4.78 is 7.69. The first-order chi connectivity index (χ1) is 20.2. The Labute approximate surface area is 241 Å². The molecule has 2 atom stereocenters. The number of thiophene rings is 1. The van der Waals surface area contributed by atoms with Crippen molar-refractivity contribution in [3.63, 3.8) is 0 Å². The molecule has 0 spiro atoms. The van der Waals surface area contributed by atoms with Crippen LogP contribution in [0.25, 0.3) is 21.1 Å². The SMILES string of the molecule is O=C(O[C@H]1CN[C@@H](C#Cc2cc3c(Nc4ccc5c(cnn5Cc5ccccc5)c4)ncnc3s2)C1)N1CCCC1. The maximum atomic E-state index is 12.3. The van der Waals surface area contributed by atoms with E-state index in [1.54, 1.807) is 22.6 Å². The monoisotopic (exact) mass is 563 g/mol. The zero-order valence-electron chi connectivity index (χ0n) is 22.4. The lowest BCUT2D eigenvalue weighted by atomic mass is 10.2. The molecule has 3 aromatic heterocycles. The molecule has 2 aliphatic heterocycles. The summed E-state index contributed by atoms with van der Waals surface area (Å²) in [4.78, 5) is 24.9. The standard InChI is InChI=1S/C31H29N7O2S/c39-31(37-12-4-5-13-37)40-25-15-23(32-18-25)8-10-26-16-27-29(33-20-34-30(27)41-26)36-24-9-11-28-22(14-24)17-35-38(28)19-21-6-2-1-3-7-21/h1-3,6-7,9,11,14,16-17,20,23,25,32H,4-5,12-13,15,18-19H2,(H,33,34,36)/t23-,25+/m0/s1. The molecule has 2 aromatic carbocycles. The minimum absolute atomic E-state index is 0.0187. The Hall–Kier alpha value is -4.46. The number of aromatic nitrogens is 4. The number of likely N-dealkylation sites (tertiary alicyclic amines) is 1. The minimum Gasteiger partial charge on any atom is -0.445 e. The van der Waals surface area contributed by atoms with Gasteiger partial charge in [0.05, 0.1) is 34.6 Å². The highest BCUT2D eigenvalue weighted by atomic mass is 32.1. The first kappa shape index (κ1) is 25.5. The molecule has 10 heteroatoms. The number of amides is 1. The molecule has 0 unspecified atom stereocenters. The highest BCUT2D eigenvalue weighted by Gasteiger charge is 2.28. The maximum absolute atomic E-state index is 12.3. The Morgan fingerprint density at radius 3 is 2.88 bits per heavy atom. The number of nitrogens with zero attached hydrogens (tertiary/aromatic N) is 5. The fourth-order valence-corrected chi connectivity index (χ4v) is 6.24. The van der Waals surface area contributed by atoms with Crippen LogP contribution in [0.15, 0.2) is 67.1 Å². The van der Waals surface area contributed by atoms with Gasteiger partial charge in [-0.25, -0.2) is 14.8 Å². The van der Waals surface area contributed by atoms with Gasteiger partial charge in [0.2, 0.25) is 0 Å². The van der Waals surface area contributed by atoms with E-state index in [9.17, 15) is 4.79 Å². The van der Waals surface area contributed by atoms with E-state index >= 15 is 0 Å². The van der Waals surface area contributed by atoms with Crippen molar-refractivity contribution < 1.29 is 9.53 Å². The van der Waals surface area contributed by atoms with Crippen molar-refractivity contribution in [1.29, 1.82) is 0 Å². The molecule has 0 radical (unpaired) electrons. The molecule has 2 N–H and O–H groups in total. The van der Waals surface area contributed by atoms with E-state index in [2.05, 4.69) is 61.8 Å². The largest absolute Gasteiger partial charge is 0.445 e. The van der Waals surface area contributed by atoms with Gasteiger partial charge < -0.3 is 15.0 Å². The van der Waals surface area contributed by atoms with E-state index in [0.29, 0.717) is 13.0 Å². The predicted octanol–water partition coefficient (Wildman–Crippen LogP) is 5.15. The summed E-state index contributed by atoms with van der Waals surface area (Å²) in [6.07, 6.45) is 5.92. The molecule has 2 aliphatic rings. The Morgan fingerprint density at radius 1 is 1.12 bits per heavy atom. The van der Waals surface area contributed by atoms with E-state index in [1.165, 1.54) is 5.56 Å². The summed E-state index contributed by atoms with van der Waals surface area (Å²) >= 11 is 1.54. The van der Waals surface area contributed by atoms with Gasteiger partial charge in [-0.3, -0.25) is 10.00 Å². The molecule has 5 heterocycles. The number of hydrogen-bond acceptors (Lipinski definition) is 8. The second-order valence-corrected chi connectivity index (χ2v) is 11.4. The van der Waals surface area contributed by atoms with E-state index < -0.39 is 0 Å². The van der Waals surface area contributed by atoms with Crippen LogP contribution in [0.1, 0.15) is 29.7 Å². The van der Waals surface area contributed by atoms with Crippen molar-refractivity contribution in [1.82, 2.24) is 30.0 Å². The molecule has 7 rings (SSSR count). The first-order valence-electron chi connectivity index (χ1n) is 13.9. The topological polar surface area (TPSA) is 97.2 Å². The van der Waals surface area contributed by atoms with Gasteiger partial charge in [-0.1, -0.05) is 42.2 Å². The van der Waals surface area contributed by atoms with Gasteiger partial charge in [0.1, 0.15) is 23.1 Å². The van der Waals surface area contributed by atoms with E-state index in [4.69, 9.17) is 4.74 Å². The number of anilines is 2. The van der Waals surface area contributed by atoms with E-state index in [1.807, 2.05) is 41.2 Å². The lowest BCUT2D eigenvalue weighted by Gasteiger charge is -2.18. The number of nitrogens with one attached hydrogen (secondary N) is 2. The zero-order valence-corrected chi connectivity index (χ0v) is 23.2. The van der Waals surface area contributed by atoms with Gasteiger partial charge in [0.15, 0.2) is 0 Å². The van der Waals surface area contributed by atoms with Crippen molar-refractivity contribution in [2.24, 2.45) is 0 Å². The lowest BCUT2D eigenvalue weighted by Crippen LogP contribution is -2.32. The third-order valence-electron chi connectivity index (χ3n) is 7.50. The van der Waals surface area contributed by atoms with Gasteiger partial charge in [-0.2, -0.15) is 5.10 Å². The Morgan fingerprint density at radius 2 is 2.00 bits per heavy atom. The number of carbonyl (C=O) groups is 1. The van der Waals surface area contributed by atoms with Gasteiger partial charge in [0.25, 0.3) is 0 Å². The summed E-state index contributed by atoms with van der Waals surface area (Å²) in [6.45, 7) is 2.94. The molecule has 41 heavy (non-hydrogen) atoms. The molecule has 206 valence electrons. The minimum atomic E-state index is -0.203. The molecule has 1 amide bonds. The van der Waals surface area contributed by atoms with Crippen molar-refractivity contribution in [3.8, 4) is 11.8 Å².